The summed E-state index contributed by atoms with van der Waals surface area (Å²) >= 11 is 0. The Morgan fingerprint density at radius 1 is 1.20 bits per heavy atom. The first kappa shape index (κ1) is 10.1. The molecule has 1 aliphatic heterocycles. The SMILES string of the molecule is [2H]c1c([2H])c([2H])c(N(C(=O)CC([2H])([2H])[2H])C2CCN(CCc3ccccc3)CC2)c([2H])c1[2H]. The molecule has 0 spiro atoms. The van der Waals surface area contributed by atoms with Gasteiger partial charge in [-0.3, -0.25) is 4.79 Å². The topological polar surface area (TPSA) is 23.6 Å². The monoisotopic (exact) mass is 344 g/mol. The van der Waals surface area contributed by atoms with Crippen molar-refractivity contribution < 1.29 is 15.8 Å². The smallest absolute Gasteiger partial charge is 0.226 e. The van der Waals surface area contributed by atoms with Crippen molar-refractivity contribution in [2.45, 2.75) is 38.6 Å². The highest BCUT2D eigenvalue weighted by molar-refractivity contribution is 5.93. The van der Waals surface area contributed by atoms with Gasteiger partial charge in [0.25, 0.3) is 0 Å². The van der Waals surface area contributed by atoms with Crippen LogP contribution in [0.3, 0.4) is 0 Å². The second-order valence-corrected chi connectivity index (χ2v) is 6.22. The molecule has 25 heavy (non-hydrogen) atoms. The number of rotatable bonds is 6. The van der Waals surface area contributed by atoms with E-state index in [1.807, 2.05) is 18.2 Å². The molecule has 3 nitrogen and oxygen atoms in total. The lowest BCUT2D eigenvalue weighted by Gasteiger charge is -2.38. The summed E-state index contributed by atoms with van der Waals surface area (Å²) in [7, 11) is 0. The minimum atomic E-state index is -2.53. The normalized spacial score (nSPS) is 21.0. The van der Waals surface area contributed by atoms with Gasteiger partial charge in [0, 0.05) is 41.9 Å². The summed E-state index contributed by atoms with van der Waals surface area (Å²) in [6.07, 6.45) is 1.16. The number of benzene rings is 2. The van der Waals surface area contributed by atoms with Gasteiger partial charge in [-0.05, 0) is 36.9 Å². The molecule has 1 saturated heterocycles. The molecule has 3 heteroatoms. The molecule has 1 aliphatic rings. The van der Waals surface area contributed by atoms with Gasteiger partial charge in [0.05, 0.1) is 6.85 Å². The van der Waals surface area contributed by atoms with Crippen LogP contribution in [0.25, 0.3) is 0 Å². The Labute approximate surface area is 162 Å². The molecule has 1 heterocycles. The zero-order chi connectivity index (χ0) is 24.3. The van der Waals surface area contributed by atoms with Crippen molar-refractivity contribution in [3.05, 3.63) is 66.1 Å². The van der Waals surface area contributed by atoms with E-state index in [0.717, 1.165) is 17.9 Å². The minimum absolute atomic E-state index is 0.238. The number of carbonyl (C=O) groups excluding carboxylic acids is 1. The maximum Gasteiger partial charge on any atom is 0.226 e. The van der Waals surface area contributed by atoms with Crippen molar-refractivity contribution in [2.75, 3.05) is 24.5 Å². The molecule has 0 bridgehead atoms. The molecule has 0 unspecified atom stereocenters. The maximum atomic E-state index is 13.1. The van der Waals surface area contributed by atoms with Gasteiger partial charge in [-0.2, -0.15) is 0 Å². The molecule has 0 atom stereocenters. The number of amides is 1. The van der Waals surface area contributed by atoms with Crippen LogP contribution >= 0.6 is 0 Å². The Balaban J connectivity index is 1.83. The van der Waals surface area contributed by atoms with Crippen molar-refractivity contribution in [1.82, 2.24) is 4.90 Å². The van der Waals surface area contributed by atoms with Crippen LogP contribution in [0.1, 0.15) is 42.6 Å². The number of para-hydroxylation sites is 1. The fourth-order valence-corrected chi connectivity index (χ4v) is 3.29. The standard InChI is InChI=1S/C22H28N2O/c1-2-22(25)24(20-11-7-4-8-12-20)21-14-17-23(18-15-21)16-13-19-9-5-3-6-10-19/h3-12,21H,2,13-18H2,1H3/i1D3,4D,7D,8D,11D,12D. The third kappa shape index (κ3) is 4.70. The fraction of sp³-hybridized carbons (Fsp3) is 0.409. The van der Waals surface area contributed by atoms with Crippen LogP contribution in [0.5, 0.6) is 0 Å². The predicted molar refractivity (Wildman–Crippen MR) is 104 cm³/mol. The number of nitrogens with zero attached hydrogens (tertiary/aromatic N) is 2. The zero-order valence-electron chi connectivity index (χ0n) is 22.2. The molecule has 0 N–H and O–H groups in total. The Morgan fingerprint density at radius 3 is 2.60 bits per heavy atom. The van der Waals surface area contributed by atoms with Crippen molar-refractivity contribution >= 4 is 11.6 Å². The van der Waals surface area contributed by atoms with E-state index in [1.165, 1.54) is 5.56 Å². The summed E-state index contributed by atoms with van der Waals surface area (Å²) in [5.41, 5.74) is 0.992. The molecule has 132 valence electrons. The second kappa shape index (κ2) is 8.82. The predicted octanol–water partition coefficient (Wildman–Crippen LogP) is 4.14. The van der Waals surface area contributed by atoms with Crippen molar-refractivity contribution in [1.29, 1.82) is 0 Å². The number of carbonyl (C=O) groups is 1. The van der Waals surface area contributed by atoms with E-state index in [9.17, 15) is 4.79 Å². The Hall–Kier alpha value is -2.13. The Bertz CT molecular complexity index is 959. The number of anilines is 1. The third-order valence-electron chi connectivity index (χ3n) is 4.63. The lowest BCUT2D eigenvalue weighted by Crippen LogP contribution is -2.47. The molecule has 0 saturated carbocycles. The van der Waals surface area contributed by atoms with E-state index in [-0.39, 0.29) is 5.69 Å². The highest BCUT2D eigenvalue weighted by Gasteiger charge is 2.28. The Morgan fingerprint density at radius 2 is 1.92 bits per heavy atom. The van der Waals surface area contributed by atoms with Gasteiger partial charge in [0.1, 0.15) is 0 Å². The van der Waals surface area contributed by atoms with Crippen LogP contribution < -0.4 is 4.90 Å². The number of likely N-dealkylation sites (tertiary alicyclic amines) is 1. The highest BCUT2D eigenvalue weighted by atomic mass is 16.2. The van der Waals surface area contributed by atoms with Gasteiger partial charge >= 0.3 is 0 Å². The molecule has 0 radical (unpaired) electrons. The maximum absolute atomic E-state index is 13.1. The minimum Gasteiger partial charge on any atom is -0.309 e. The molecule has 2 aromatic rings. The lowest BCUT2D eigenvalue weighted by atomic mass is 10.0. The van der Waals surface area contributed by atoms with Crippen molar-refractivity contribution in [2.24, 2.45) is 0 Å². The van der Waals surface area contributed by atoms with Crippen LogP contribution in [-0.4, -0.2) is 36.5 Å². The molecule has 1 amide bonds. The number of hydrogen-bond acceptors (Lipinski definition) is 2. The summed E-state index contributed by atoms with van der Waals surface area (Å²) in [5.74, 6) is -0.753. The largest absolute Gasteiger partial charge is 0.309 e. The van der Waals surface area contributed by atoms with Gasteiger partial charge in [-0.1, -0.05) is 55.3 Å². The van der Waals surface area contributed by atoms with Gasteiger partial charge in [-0.15, -0.1) is 0 Å². The van der Waals surface area contributed by atoms with E-state index >= 15 is 0 Å². The van der Waals surface area contributed by atoms with E-state index in [0.29, 0.717) is 25.9 Å². The molecular formula is C22H28N2O. The lowest BCUT2D eigenvalue weighted by molar-refractivity contribution is -0.119. The van der Waals surface area contributed by atoms with Gasteiger partial charge in [0.15, 0.2) is 0 Å². The summed E-state index contributed by atoms with van der Waals surface area (Å²) in [6.45, 7) is -0.366. The number of piperidine rings is 1. The molecule has 0 aliphatic carbocycles. The van der Waals surface area contributed by atoms with E-state index < -0.39 is 55.4 Å². The van der Waals surface area contributed by atoms with Crippen LogP contribution in [0.15, 0.2) is 60.5 Å². The molecule has 3 rings (SSSR count). The summed E-state index contributed by atoms with van der Waals surface area (Å²) in [5, 5.41) is 0. The summed E-state index contributed by atoms with van der Waals surface area (Å²) in [6, 6.07) is 7.03. The molecule has 1 fully saturated rings. The average Bonchev–Trinajstić information content (AvgIpc) is 2.78. The first-order chi connectivity index (χ1) is 15.5. The van der Waals surface area contributed by atoms with Crippen molar-refractivity contribution in [3.8, 4) is 0 Å². The van der Waals surface area contributed by atoms with Crippen LogP contribution in [0, 0.1) is 0 Å². The van der Waals surface area contributed by atoms with E-state index in [2.05, 4.69) is 17.0 Å². The second-order valence-electron chi connectivity index (χ2n) is 6.22. The third-order valence-corrected chi connectivity index (χ3v) is 4.63. The average molecular weight is 345 g/mol. The zero-order valence-corrected chi connectivity index (χ0v) is 14.2. The summed E-state index contributed by atoms with van der Waals surface area (Å²) in [4.78, 5) is 16.5. The van der Waals surface area contributed by atoms with Crippen LogP contribution in [0.4, 0.5) is 5.69 Å². The number of hydrogen-bond donors (Lipinski definition) is 0. The quantitative estimate of drug-likeness (QED) is 0.786. The molecular weight excluding hydrogens is 308 g/mol. The summed E-state index contributed by atoms with van der Waals surface area (Å²) < 4.78 is 62.9. The van der Waals surface area contributed by atoms with Gasteiger partial charge < -0.3 is 9.80 Å². The molecule has 0 aromatic heterocycles. The van der Waals surface area contributed by atoms with Gasteiger partial charge in [-0.25, -0.2) is 0 Å². The highest BCUT2D eigenvalue weighted by Crippen LogP contribution is 2.24. The van der Waals surface area contributed by atoms with Crippen LogP contribution in [0.2, 0.25) is 0 Å². The van der Waals surface area contributed by atoms with Crippen molar-refractivity contribution in [3.63, 3.8) is 0 Å². The fourth-order valence-electron chi connectivity index (χ4n) is 3.29. The van der Waals surface area contributed by atoms with E-state index in [1.54, 1.807) is 0 Å². The molecule has 2 aromatic carbocycles. The first-order valence-corrected chi connectivity index (χ1v) is 8.65. The van der Waals surface area contributed by atoms with Crippen LogP contribution in [-0.2, 0) is 11.2 Å². The van der Waals surface area contributed by atoms with Gasteiger partial charge in [0.2, 0.25) is 5.91 Å². The first-order valence-electron chi connectivity index (χ1n) is 12.6. The van der Waals surface area contributed by atoms with E-state index in [4.69, 9.17) is 11.0 Å². The Kier molecular flexibility index (Phi) is 3.57.